The Morgan fingerprint density at radius 3 is 2.50 bits per heavy atom. The van der Waals surface area contributed by atoms with E-state index < -0.39 is 6.04 Å². The Bertz CT molecular complexity index is 739. The predicted octanol–water partition coefficient (Wildman–Crippen LogP) is 2.88. The SMILES string of the molecule is CCCC(=O)N(Cc1ccco1)C(Cc1ccccc1)C(=O)N1CCOCC1. The molecule has 2 heterocycles. The summed E-state index contributed by atoms with van der Waals surface area (Å²) in [5.74, 6) is 0.627. The van der Waals surface area contributed by atoms with Crippen molar-refractivity contribution in [3.8, 4) is 0 Å². The van der Waals surface area contributed by atoms with Crippen LogP contribution in [-0.2, 0) is 27.3 Å². The second-order valence-electron chi connectivity index (χ2n) is 6.99. The van der Waals surface area contributed by atoms with E-state index in [9.17, 15) is 9.59 Å². The Hall–Kier alpha value is -2.60. The van der Waals surface area contributed by atoms with Gasteiger partial charge in [0.15, 0.2) is 0 Å². The molecule has 0 N–H and O–H groups in total. The van der Waals surface area contributed by atoms with Crippen LogP contribution < -0.4 is 0 Å². The Kier molecular flexibility index (Phi) is 7.25. The summed E-state index contributed by atoms with van der Waals surface area (Å²) in [6, 6.07) is 12.9. The molecule has 0 bridgehead atoms. The van der Waals surface area contributed by atoms with Crippen molar-refractivity contribution in [1.29, 1.82) is 0 Å². The molecule has 6 heteroatoms. The summed E-state index contributed by atoms with van der Waals surface area (Å²) >= 11 is 0. The zero-order valence-corrected chi connectivity index (χ0v) is 16.4. The van der Waals surface area contributed by atoms with Gasteiger partial charge in [-0.1, -0.05) is 37.3 Å². The van der Waals surface area contributed by atoms with E-state index in [1.807, 2.05) is 48.2 Å². The van der Waals surface area contributed by atoms with Crippen LogP contribution in [0, 0.1) is 0 Å². The monoisotopic (exact) mass is 384 g/mol. The van der Waals surface area contributed by atoms with Gasteiger partial charge in [0.05, 0.1) is 26.0 Å². The number of hydrogen-bond acceptors (Lipinski definition) is 4. The fourth-order valence-electron chi connectivity index (χ4n) is 3.46. The molecule has 0 radical (unpaired) electrons. The van der Waals surface area contributed by atoms with E-state index in [1.165, 1.54) is 0 Å². The van der Waals surface area contributed by atoms with Gasteiger partial charge in [0, 0.05) is 25.9 Å². The number of morpholine rings is 1. The van der Waals surface area contributed by atoms with Crippen LogP contribution in [0.15, 0.2) is 53.1 Å². The van der Waals surface area contributed by atoms with Crippen molar-refractivity contribution in [2.45, 2.75) is 38.8 Å². The van der Waals surface area contributed by atoms with E-state index in [1.54, 1.807) is 17.2 Å². The van der Waals surface area contributed by atoms with Gasteiger partial charge in [-0.15, -0.1) is 0 Å². The van der Waals surface area contributed by atoms with Gasteiger partial charge >= 0.3 is 0 Å². The smallest absolute Gasteiger partial charge is 0.245 e. The van der Waals surface area contributed by atoms with Crippen LogP contribution in [-0.4, -0.2) is 54.0 Å². The molecule has 1 fully saturated rings. The van der Waals surface area contributed by atoms with Crippen LogP contribution in [0.2, 0.25) is 0 Å². The summed E-state index contributed by atoms with van der Waals surface area (Å²) < 4.78 is 10.9. The number of carbonyl (C=O) groups excluding carboxylic acids is 2. The van der Waals surface area contributed by atoms with Crippen LogP contribution in [0.4, 0.5) is 0 Å². The molecular formula is C22H28N2O4. The third-order valence-corrected chi connectivity index (χ3v) is 4.95. The topological polar surface area (TPSA) is 63.0 Å². The second-order valence-corrected chi connectivity index (χ2v) is 6.99. The van der Waals surface area contributed by atoms with Gasteiger partial charge in [0.1, 0.15) is 11.8 Å². The largest absolute Gasteiger partial charge is 0.467 e. The Labute approximate surface area is 166 Å². The maximum absolute atomic E-state index is 13.4. The van der Waals surface area contributed by atoms with Crippen molar-refractivity contribution in [2.75, 3.05) is 26.3 Å². The van der Waals surface area contributed by atoms with E-state index in [2.05, 4.69) is 0 Å². The molecule has 0 saturated carbocycles. The molecular weight excluding hydrogens is 356 g/mol. The maximum Gasteiger partial charge on any atom is 0.245 e. The third-order valence-electron chi connectivity index (χ3n) is 4.95. The Balaban J connectivity index is 1.89. The van der Waals surface area contributed by atoms with E-state index in [4.69, 9.17) is 9.15 Å². The van der Waals surface area contributed by atoms with E-state index in [-0.39, 0.29) is 11.8 Å². The highest BCUT2D eigenvalue weighted by atomic mass is 16.5. The van der Waals surface area contributed by atoms with Crippen LogP contribution in [0.5, 0.6) is 0 Å². The standard InChI is InChI=1S/C22H28N2O4/c1-2-7-21(25)24(17-19-10-6-13-28-19)20(16-18-8-4-3-5-9-18)22(26)23-11-14-27-15-12-23/h3-6,8-10,13,20H,2,7,11-12,14-17H2,1H3. The molecule has 150 valence electrons. The summed E-state index contributed by atoms with van der Waals surface area (Å²) in [4.78, 5) is 29.9. The number of carbonyl (C=O) groups is 2. The number of hydrogen-bond donors (Lipinski definition) is 0. The van der Waals surface area contributed by atoms with Gasteiger partial charge < -0.3 is 19.0 Å². The van der Waals surface area contributed by atoms with E-state index in [0.717, 1.165) is 12.0 Å². The van der Waals surface area contributed by atoms with E-state index >= 15 is 0 Å². The van der Waals surface area contributed by atoms with Crippen molar-refractivity contribution in [1.82, 2.24) is 9.80 Å². The molecule has 1 atom stereocenters. The van der Waals surface area contributed by atoms with Crippen molar-refractivity contribution >= 4 is 11.8 Å². The number of ether oxygens (including phenoxy) is 1. The lowest BCUT2D eigenvalue weighted by molar-refractivity contribution is -0.149. The van der Waals surface area contributed by atoms with Crippen LogP contribution in [0.1, 0.15) is 31.1 Å². The molecule has 3 rings (SSSR count). The molecule has 1 aliphatic rings. The van der Waals surface area contributed by atoms with Crippen LogP contribution in [0.25, 0.3) is 0 Å². The molecule has 1 unspecified atom stereocenters. The molecule has 0 aliphatic carbocycles. The lowest BCUT2D eigenvalue weighted by Crippen LogP contribution is -2.54. The average molecular weight is 384 g/mol. The normalized spacial score (nSPS) is 15.2. The minimum Gasteiger partial charge on any atom is -0.467 e. The average Bonchev–Trinajstić information content (AvgIpc) is 3.25. The molecule has 1 aromatic heterocycles. The highest BCUT2D eigenvalue weighted by Crippen LogP contribution is 2.18. The zero-order valence-electron chi connectivity index (χ0n) is 16.4. The van der Waals surface area contributed by atoms with Gasteiger partial charge in [0.2, 0.25) is 11.8 Å². The predicted molar refractivity (Wildman–Crippen MR) is 105 cm³/mol. The molecule has 0 spiro atoms. The van der Waals surface area contributed by atoms with Crippen LogP contribution >= 0.6 is 0 Å². The Morgan fingerprint density at radius 2 is 1.86 bits per heavy atom. The first kappa shape index (κ1) is 20.1. The minimum absolute atomic E-state index is 0.0248. The summed E-state index contributed by atoms with van der Waals surface area (Å²) in [5.41, 5.74) is 1.03. The molecule has 1 aliphatic heterocycles. The molecule has 1 aromatic carbocycles. The third kappa shape index (κ3) is 5.23. The zero-order chi connectivity index (χ0) is 19.8. The summed E-state index contributed by atoms with van der Waals surface area (Å²) in [6.07, 6.45) is 3.21. The Morgan fingerprint density at radius 1 is 1.11 bits per heavy atom. The maximum atomic E-state index is 13.4. The quantitative estimate of drug-likeness (QED) is 0.702. The number of furan rings is 1. The fraction of sp³-hybridized carbons (Fsp3) is 0.455. The first-order chi connectivity index (χ1) is 13.7. The highest BCUT2D eigenvalue weighted by Gasteiger charge is 2.34. The second kappa shape index (κ2) is 10.1. The number of nitrogens with zero attached hydrogens (tertiary/aromatic N) is 2. The van der Waals surface area contributed by atoms with Crippen LogP contribution in [0.3, 0.4) is 0 Å². The number of benzene rings is 1. The molecule has 28 heavy (non-hydrogen) atoms. The summed E-state index contributed by atoms with van der Waals surface area (Å²) in [5, 5.41) is 0. The lowest BCUT2D eigenvalue weighted by atomic mass is 10.0. The summed E-state index contributed by atoms with van der Waals surface area (Å²) in [6.45, 7) is 4.44. The number of rotatable bonds is 8. The lowest BCUT2D eigenvalue weighted by Gasteiger charge is -2.36. The van der Waals surface area contributed by atoms with Gasteiger partial charge in [-0.2, -0.15) is 0 Å². The van der Waals surface area contributed by atoms with Crippen molar-refractivity contribution in [2.24, 2.45) is 0 Å². The van der Waals surface area contributed by atoms with E-state index in [0.29, 0.717) is 51.4 Å². The minimum atomic E-state index is -0.565. The molecule has 2 aromatic rings. The van der Waals surface area contributed by atoms with Gasteiger partial charge in [0.25, 0.3) is 0 Å². The van der Waals surface area contributed by atoms with Gasteiger partial charge in [-0.05, 0) is 24.1 Å². The first-order valence-corrected chi connectivity index (χ1v) is 9.91. The van der Waals surface area contributed by atoms with Crippen molar-refractivity contribution in [3.63, 3.8) is 0 Å². The fourth-order valence-corrected chi connectivity index (χ4v) is 3.46. The van der Waals surface area contributed by atoms with Gasteiger partial charge in [-0.3, -0.25) is 9.59 Å². The first-order valence-electron chi connectivity index (χ1n) is 9.91. The molecule has 1 saturated heterocycles. The molecule has 6 nitrogen and oxygen atoms in total. The summed E-state index contributed by atoms with van der Waals surface area (Å²) in [7, 11) is 0. The van der Waals surface area contributed by atoms with Crippen molar-refractivity contribution < 1.29 is 18.7 Å². The molecule has 2 amide bonds. The van der Waals surface area contributed by atoms with Crippen molar-refractivity contribution in [3.05, 3.63) is 60.1 Å². The number of amides is 2. The van der Waals surface area contributed by atoms with Gasteiger partial charge in [-0.25, -0.2) is 0 Å². The highest BCUT2D eigenvalue weighted by molar-refractivity contribution is 5.88.